The molecule has 2 rings (SSSR count). The first-order chi connectivity index (χ1) is 9.63. The second-order valence-electron chi connectivity index (χ2n) is 4.86. The molecule has 0 atom stereocenters. The van der Waals surface area contributed by atoms with E-state index in [1.807, 2.05) is 19.1 Å². The number of aryl methyl sites for hydroxylation is 1. The van der Waals surface area contributed by atoms with Crippen LogP contribution in [0.3, 0.4) is 0 Å². The Kier molecular flexibility index (Phi) is 4.75. The van der Waals surface area contributed by atoms with Gasteiger partial charge in [-0.25, -0.2) is 4.98 Å². The fourth-order valence-corrected chi connectivity index (χ4v) is 2.75. The van der Waals surface area contributed by atoms with Crippen molar-refractivity contribution in [2.75, 3.05) is 0 Å². The summed E-state index contributed by atoms with van der Waals surface area (Å²) in [6.45, 7) is 6.76. The number of benzene rings is 1. The van der Waals surface area contributed by atoms with Crippen LogP contribution in [0.25, 0.3) is 0 Å². The van der Waals surface area contributed by atoms with Gasteiger partial charge in [-0.05, 0) is 30.0 Å². The molecule has 0 radical (unpaired) electrons. The van der Waals surface area contributed by atoms with Gasteiger partial charge in [0.2, 0.25) is 0 Å². The zero-order valence-corrected chi connectivity index (χ0v) is 12.8. The molecular weight excluding hydrogens is 268 g/mol. The van der Waals surface area contributed by atoms with Gasteiger partial charge < -0.3 is 4.74 Å². The van der Waals surface area contributed by atoms with Crippen molar-refractivity contribution in [3.8, 4) is 11.8 Å². The van der Waals surface area contributed by atoms with Crippen molar-refractivity contribution < 1.29 is 4.74 Å². The normalized spacial score (nSPS) is 10.6. The van der Waals surface area contributed by atoms with E-state index in [1.54, 1.807) is 0 Å². The van der Waals surface area contributed by atoms with Crippen molar-refractivity contribution >= 4 is 11.3 Å². The molecule has 104 valence electrons. The van der Waals surface area contributed by atoms with Crippen LogP contribution in [0, 0.1) is 11.3 Å². The van der Waals surface area contributed by atoms with Crippen LogP contribution in [0.2, 0.25) is 0 Å². The lowest BCUT2D eigenvalue weighted by molar-refractivity contribution is 0.305. The van der Waals surface area contributed by atoms with Gasteiger partial charge in [-0.2, -0.15) is 5.26 Å². The van der Waals surface area contributed by atoms with Crippen molar-refractivity contribution in [3.63, 3.8) is 0 Å². The van der Waals surface area contributed by atoms with Gasteiger partial charge >= 0.3 is 0 Å². The van der Waals surface area contributed by atoms with Crippen LogP contribution in [0.1, 0.15) is 47.8 Å². The Morgan fingerprint density at radius 3 is 2.50 bits per heavy atom. The second kappa shape index (κ2) is 6.53. The van der Waals surface area contributed by atoms with Gasteiger partial charge in [-0.3, -0.25) is 0 Å². The molecule has 2 aromatic rings. The minimum absolute atomic E-state index is 0.417. The van der Waals surface area contributed by atoms with Crippen LogP contribution >= 0.6 is 11.3 Å². The van der Waals surface area contributed by atoms with Crippen molar-refractivity contribution in [1.29, 1.82) is 5.26 Å². The summed E-state index contributed by atoms with van der Waals surface area (Å²) in [4.78, 5) is 5.13. The fourth-order valence-electron chi connectivity index (χ4n) is 1.88. The molecule has 0 spiro atoms. The number of ether oxygens (including phenoxy) is 1. The third kappa shape index (κ3) is 3.37. The highest BCUT2D eigenvalue weighted by Gasteiger charge is 2.09. The first-order valence-corrected chi connectivity index (χ1v) is 7.57. The van der Waals surface area contributed by atoms with E-state index in [9.17, 15) is 0 Å². The Balaban J connectivity index is 2.01. The molecule has 0 fully saturated rings. The molecule has 1 aromatic heterocycles. The molecule has 1 aromatic carbocycles. The van der Waals surface area contributed by atoms with Gasteiger partial charge in [0.25, 0.3) is 0 Å². The third-order valence-electron chi connectivity index (χ3n) is 3.09. The minimum atomic E-state index is 0.417. The van der Waals surface area contributed by atoms with Crippen LogP contribution in [0.15, 0.2) is 24.3 Å². The highest BCUT2D eigenvalue weighted by molar-refractivity contribution is 7.12. The van der Waals surface area contributed by atoms with Crippen LogP contribution < -0.4 is 4.74 Å². The van der Waals surface area contributed by atoms with E-state index < -0.39 is 0 Å². The lowest BCUT2D eigenvalue weighted by Gasteiger charge is -2.07. The molecule has 0 aliphatic carbocycles. The Labute approximate surface area is 123 Å². The zero-order chi connectivity index (χ0) is 14.5. The molecule has 0 aliphatic rings. The quantitative estimate of drug-likeness (QED) is 0.824. The number of rotatable bonds is 5. The van der Waals surface area contributed by atoms with Crippen LogP contribution in [0.4, 0.5) is 0 Å². The minimum Gasteiger partial charge on any atom is -0.486 e. The lowest BCUT2D eigenvalue weighted by Crippen LogP contribution is -1.96. The Morgan fingerprint density at radius 2 is 2.00 bits per heavy atom. The molecule has 20 heavy (non-hydrogen) atoms. The van der Waals surface area contributed by atoms with E-state index in [0.717, 1.165) is 22.9 Å². The van der Waals surface area contributed by atoms with Crippen molar-refractivity contribution in [3.05, 3.63) is 45.4 Å². The molecule has 0 aliphatic heterocycles. The average molecular weight is 286 g/mol. The maximum atomic E-state index is 9.01. The molecule has 3 nitrogen and oxygen atoms in total. The van der Waals surface area contributed by atoms with Gasteiger partial charge in [-0.15, -0.1) is 11.3 Å². The van der Waals surface area contributed by atoms with E-state index in [1.165, 1.54) is 16.9 Å². The molecule has 1 heterocycles. The summed E-state index contributed by atoms with van der Waals surface area (Å²) in [7, 11) is 0. The fraction of sp³-hybridized carbons (Fsp3) is 0.375. The molecule has 0 unspecified atom stereocenters. The summed E-state index contributed by atoms with van der Waals surface area (Å²) >= 11 is 1.41. The standard InChI is InChI=1S/C16H18N2OS/c1-4-14-15(9-17)20-16(18-14)10-19-13-7-5-12(6-8-13)11(2)3/h5-8,11H,4,10H2,1-3H3. The second-order valence-corrected chi connectivity index (χ2v) is 5.94. The van der Waals surface area contributed by atoms with E-state index >= 15 is 0 Å². The Bertz CT molecular complexity index is 608. The number of hydrogen-bond donors (Lipinski definition) is 0. The molecule has 4 heteroatoms. The van der Waals surface area contributed by atoms with Gasteiger partial charge in [0.15, 0.2) is 0 Å². The zero-order valence-electron chi connectivity index (χ0n) is 12.0. The molecule has 0 saturated heterocycles. The summed E-state index contributed by atoms with van der Waals surface area (Å²) < 4.78 is 5.72. The largest absolute Gasteiger partial charge is 0.486 e. The Hall–Kier alpha value is -1.86. The first kappa shape index (κ1) is 14.5. The van der Waals surface area contributed by atoms with Crippen molar-refractivity contribution in [2.24, 2.45) is 0 Å². The summed E-state index contributed by atoms with van der Waals surface area (Å²) in [5.41, 5.74) is 2.16. The monoisotopic (exact) mass is 286 g/mol. The van der Waals surface area contributed by atoms with E-state index in [4.69, 9.17) is 10.00 Å². The van der Waals surface area contributed by atoms with Gasteiger partial charge in [-0.1, -0.05) is 32.9 Å². The van der Waals surface area contributed by atoms with Crippen molar-refractivity contribution in [1.82, 2.24) is 4.98 Å². The Morgan fingerprint density at radius 1 is 1.30 bits per heavy atom. The van der Waals surface area contributed by atoms with Crippen molar-refractivity contribution in [2.45, 2.75) is 39.7 Å². The number of thiazole rings is 1. The van der Waals surface area contributed by atoms with E-state index in [2.05, 4.69) is 37.0 Å². The third-order valence-corrected chi connectivity index (χ3v) is 4.06. The number of hydrogen-bond acceptors (Lipinski definition) is 4. The van der Waals surface area contributed by atoms with E-state index in [-0.39, 0.29) is 0 Å². The predicted molar refractivity (Wildman–Crippen MR) is 81.1 cm³/mol. The first-order valence-electron chi connectivity index (χ1n) is 6.75. The van der Waals surface area contributed by atoms with E-state index in [0.29, 0.717) is 17.4 Å². The topological polar surface area (TPSA) is 45.9 Å². The predicted octanol–water partition coefficient (Wildman–Crippen LogP) is 4.28. The highest BCUT2D eigenvalue weighted by Crippen LogP contribution is 2.22. The van der Waals surface area contributed by atoms with Crippen LogP contribution in [0.5, 0.6) is 5.75 Å². The molecule has 0 saturated carbocycles. The number of nitriles is 1. The molecule has 0 bridgehead atoms. The highest BCUT2D eigenvalue weighted by atomic mass is 32.1. The SMILES string of the molecule is CCc1nc(COc2ccc(C(C)C)cc2)sc1C#N. The smallest absolute Gasteiger partial charge is 0.140 e. The summed E-state index contributed by atoms with van der Waals surface area (Å²) in [6, 6.07) is 10.3. The maximum absolute atomic E-state index is 9.01. The maximum Gasteiger partial charge on any atom is 0.140 e. The van der Waals surface area contributed by atoms with Gasteiger partial charge in [0.1, 0.15) is 28.3 Å². The van der Waals surface area contributed by atoms with Crippen LogP contribution in [-0.2, 0) is 13.0 Å². The molecular formula is C16H18N2OS. The number of nitrogens with zero attached hydrogens (tertiary/aromatic N) is 2. The van der Waals surface area contributed by atoms with Crippen LogP contribution in [-0.4, -0.2) is 4.98 Å². The lowest BCUT2D eigenvalue weighted by atomic mass is 10.0. The summed E-state index contributed by atoms with van der Waals surface area (Å²) in [5, 5.41) is 9.86. The molecule has 0 N–H and O–H groups in total. The average Bonchev–Trinajstić information content (AvgIpc) is 2.88. The number of aromatic nitrogens is 1. The van der Waals surface area contributed by atoms with Gasteiger partial charge in [0, 0.05) is 0 Å². The van der Waals surface area contributed by atoms with Gasteiger partial charge in [0.05, 0.1) is 5.69 Å². The molecule has 0 amide bonds. The summed E-state index contributed by atoms with van der Waals surface area (Å²) in [5.74, 6) is 1.36. The summed E-state index contributed by atoms with van der Waals surface area (Å²) in [6.07, 6.45) is 0.780.